The van der Waals surface area contributed by atoms with E-state index in [0.29, 0.717) is 19.6 Å². The van der Waals surface area contributed by atoms with Gasteiger partial charge in [-0.05, 0) is 6.42 Å². The minimum atomic E-state index is -3.06. The van der Waals surface area contributed by atoms with Crippen LogP contribution in [-0.4, -0.2) is 45.5 Å². The molecule has 0 fully saturated rings. The van der Waals surface area contributed by atoms with Crippen molar-refractivity contribution in [3.63, 3.8) is 0 Å². The fourth-order valence-electron chi connectivity index (χ4n) is 1.02. The highest BCUT2D eigenvalue weighted by atomic mass is 32.2. The van der Waals surface area contributed by atoms with Crippen LogP contribution >= 0.6 is 0 Å². The summed E-state index contributed by atoms with van der Waals surface area (Å²) in [5.74, 6) is -0.126. The van der Waals surface area contributed by atoms with E-state index >= 15 is 0 Å². The van der Waals surface area contributed by atoms with Crippen LogP contribution in [0, 0.1) is 0 Å². The number of ether oxygens (including phenoxy) is 1. The summed E-state index contributed by atoms with van der Waals surface area (Å²) < 4.78 is 27.4. The molecule has 0 atom stereocenters. The Bertz CT molecular complexity index is 274. The quantitative estimate of drug-likeness (QED) is 0.559. The van der Waals surface area contributed by atoms with Crippen LogP contribution in [0.15, 0.2) is 0 Å². The van der Waals surface area contributed by atoms with Gasteiger partial charge in [-0.3, -0.25) is 4.79 Å². The second-order valence-electron chi connectivity index (χ2n) is 3.28. The summed E-state index contributed by atoms with van der Waals surface area (Å²) in [6.07, 6.45) is 0.618. The van der Waals surface area contributed by atoms with Crippen LogP contribution in [0.3, 0.4) is 0 Å². The summed E-state index contributed by atoms with van der Waals surface area (Å²) in [6.45, 7) is 2.44. The maximum Gasteiger partial charge on any atom is 0.159 e. The van der Waals surface area contributed by atoms with E-state index in [1.807, 2.05) is 0 Å². The summed E-state index contributed by atoms with van der Waals surface area (Å²) in [7, 11) is -3.06. The van der Waals surface area contributed by atoms with E-state index in [-0.39, 0.29) is 30.3 Å². The molecule has 5 nitrogen and oxygen atoms in total. The molecule has 0 aromatic rings. The van der Waals surface area contributed by atoms with Crippen LogP contribution in [0.25, 0.3) is 0 Å². The fraction of sp³-hybridized carbons (Fsp3) is 0.889. The number of ketones is 1. The van der Waals surface area contributed by atoms with Crippen molar-refractivity contribution in [2.75, 3.05) is 31.3 Å². The molecule has 0 rings (SSSR count). The van der Waals surface area contributed by atoms with Crippen LogP contribution in [0.5, 0.6) is 0 Å². The summed E-state index contributed by atoms with van der Waals surface area (Å²) in [6, 6.07) is 0. The van der Waals surface area contributed by atoms with Crippen molar-refractivity contribution in [2.24, 2.45) is 5.73 Å². The number of nitrogens with two attached hydrogens (primary N) is 1. The third kappa shape index (κ3) is 8.53. The highest BCUT2D eigenvalue weighted by Gasteiger charge is 2.12. The third-order valence-corrected chi connectivity index (χ3v) is 3.59. The number of carbonyl (C=O) groups excluding carboxylic acids is 1. The topological polar surface area (TPSA) is 86.5 Å². The molecule has 0 heterocycles. The fourth-order valence-corrected chi connectivity index (χ4v) is 2.39. The SMILES string of the molecule is CCCS(=O)(=O)CCC(=O)COCCN. The van der Waals surface area contributed by atoms with E-state index in [2.05, 4.69) is 0 Å². The first-order valence-electron chi connectivity index (χ1n) is 5.01. The van der Waals surface area contributed by atoms with Crippen LogP contribution in [-0.2, 0) is 19.4 Å². The predicted molar refractivity (Wildman–Crippen MR) is 58.4 cm³/mol. The molecule has 6 heteroatoms. The average Bonchev–Trinajstić information content (AvgIpc) is 2.15. The number of carbonyl (C=O) groups is 1. The highest BCUT2D eigenvalue weighted by Crippen LogP contribution is 1.97. The van der Waals surface area contributed by atoms with Gasteiger partial charge in [0.15, 0.2) is 15.6 Å². The molecule has 0 spiro atoms. The maximum absolute atomic E-state index is 11.3. The molecule has 0 aliphatic heterocycles. The lowest BCUT2D eigenvalue weighted by molar-refractivity contribution is -0.123. The Kier molecular flexibility index (Phi) is 7.54. The predicted octanol–water partition coefficient (Wildman–Crippen LogP) is -0.254. The standard InChI is InChI=1S/C9H19NO4S/c1-2-6-15(12,13)7-3-9(11)8-14-5-4-10/h2-8,10H2,1H3. The zero-order valence-corrected chi connectivity index (χ0v) is 9.88. The van der Waals surface area contributed by atoms with Gasteiger partial charge in [0.05, 0.1) is 12.4 Å². The monoisotopic (exact) mass is 237 g/mol. The average molecular weight is 237 g/mol. The molecule has 0 aromatic carbocycles. The minimum absolute atomic E-state index is 0.0346. The minimum Gasteiger partial charge on any atom is -0.372 e. The summed E-state index contributed by atoms with van der Waals surface area (Å²) in [5.41, 5.74) is 5.17. The van der Waals surface area contributed by atoms with Crippen molar-refractivity contribution in [1.82, 2.24) is 0 Å². The van der Waals surface area contributed by atoms with Gasteiger partial charge in [-0.25, -0.2) is 8.42 Å². The molecule has 0 aliphatic rings. The van der Waals surface area contributed by atoms with Crippen molar-refractivity contribution in [1.29, 1.82) is 0 Å². The number of hydrogen-bond donors (Lipinski definition) is 1. The van der Waals surface area contributed by atoms with Crippen LogP contribution in [0.2, 0.25) is 0 Å². The number of sulfone groups is 1. The molecule has 0 radical (unpaired) electrons. The molecule has 0 aliphatic carbocycles. The molecular weight excluding hydrogens is 218 g/mol. The van der Waals surface area contributed by atoms with Gasteiger partial charge in [0, 0.05) is 18.7 Å². The second-order valence-corrected chi connectivity index (χ2v) is 5.59. The third-order valence-electron chi connectivity index (χ3n) is 1.73. The van der Waals surface area contributed by atoms with Crippen molar-refractivity contribution >= 4 is 15.6 Å². The Morgan fingerprint density at radius 1 is 1.33 bits per heavy atom. The molecule has 0 saturated carbocycles. The van der Waals surface area contributed by atoms with Gasteiger partial charge in [-0.2, -0.15) is 0 Å². The molecule has 15 heavy (non-hydrogen) atoms. The van der Waals surface area contributed by atoms with Crippen LogP contribution < -0.4 is 5.73 Å². The molecule has 0 bridgehead atoms. The lowest BCUT2D eigenvalue weighted by Gasteiger charge is -2.03. The molecular formula is C9H19NO4S. The smallest absolute Gasteiger partial charge is 0.159 e. The first kappa shape index (κ1) is 14.5. The van der Waals surface area contributed by atoms with E-state index in [1.165, 1.54) is 0 Å². The normalized spacial score (nSPS) is 11.6. The maximum atomic E-state index is 11.3. The van der Waals surface area contributed by atoms with Gasteiger partial charge < -0.3 is 10.5 Å². The molecule has 0 unspecified atom stereocenters. The van der Waals surface area contributed by atoms with E-state index < -0.39 is 9.84 Å². The highest BCUT2D eigenvalue weighted by molar-refractivity contribution is 7.91. The lowest BCUT2D eigenvalue weighted by atomic mass is 10.3. The van der Waals surface area contributed by atoms with E-state index in [1.54, 1.807) is 6.92 Å². The van der Waals surface area contributed by atoms with Gasteiger partial charge >= 0.3 is 0 Å². The zero-order valence-electron chi connectivity index (χ0n) is 9.07. The Labute approximate surface area is 90.9 Å². The van der Waals surface area contributed by atoms with Crippen LogP contribution in [0.1, 0.15) is 19.8 Å². The van der Waals surface area contributed by atoms with Gasteiger partial charge in [0.2, 0.25) is 0 Å². The molecule has 0 saturated heterocycles. The van der Waals surface area contributed by atoms with Gasteiger partial charge in [-0.1, -0.05) is 6.92 Å². The summed E-state index contributed by atoms with van der Waals surface area (Å²) in [5, 5.41) is 0. The molecule has 90 valence electrons. The van der Waals surface area contributed by atoms with Gasteiger partial charge in [0.25, 0.3) is 0 Å². The first-order chi connectivity index (χ1) is 7.02. The Morgan fingerprint density at radius 3 is 2.53 bits per heavy atom. The lowest BCUT2D eigenvalue weighted by Crippen LogP contribution is -2.18. The molecule has 0 amide bonds. The Hall–Kier alpha value is -0.460. The van der Waals surface area contributed by atoms with E-state index in [0.717, 1.165) is 0 Å². The molecule has 2 N–H and O–H groups in total. The second kappa shape index (κ2) is 7.78. The van der Waals surface area contributed by atoms with Crippen molar-refractivity contribution in [2.45, 2.75) is 19.8 Å². The zero-order chi connectivity index (χ0) is 11.7. The van der Waals surface area contributed by atoms with Crippen LogP contribution in [0.4, 0.5) is 0 Å². The van der Waals surface area contributed by atoms with Gasteiger partial charge in [-0.15, -0.1) is 0 Å². The number of hydrogen-bond acceptors (Lipinski definition) is 5. The van der Waals surface area contributed by atoms with Crippen molar-refractivity contribution < 1.29 is 17.9 Å². The summed E-state index contributed by atoms with van der Waals surface area (Å²) in [4.78, 5) is 11.1. The Balaban J connectivity index is 3.71. The van der Waals surface area contributed by atoms with Crippen molar-refractivity contribution in [3.8, 4) is 0 Å². The number of rotatable bonds is 9. The van der Waals surface area contributed by atoms with Crippen molar-refractivity contribution in [3.05, 3.63) is 0 Å². The van der Waals surface area contributed by atoms with Gasteiger partial charge in [0.1, 0.15) is 6.61 Å². The summed E-state index contributed by atoms with van der Waals surface area (Å²) >= 11 is 0. The first-order valence-corrected chi connectivity index (χ1v) is 6.84. The van der Waals surface area contributed by atoms with E-state index in [4.69, 9.17) is 10.5 Å². The van der Waals surface area contributed by atoms with E-state index in [9.17, 15) is 13.2 Å². The Morgan fingerprint density at radius 2 is 2.00 bits per heavy atom. The largest absolute Gasteiger partial charge is 0.372 e. The molecule has 0 aromatic heterocycles. The number of Topliss-reactive ketones (excluding diaryl/α,β-unsaturated/α-hetero) is 1.